The molecule has 2 rings (SSSR count). The quantitative estimate of drug-likeness (QED) is 0.488. The van der Waals surface area contributed by atoms with Crippen LogP contribution in [0, 0.1) is 0 Å². The highest BCUT2D eigenvalue weighted by atomic mass is 16.7. The van der Waals surface area contributed by atoms with Gasteiger partial charge in [0.25, 0.3) is 0 Å². The van der Waals surface area contributed by atoms with Gasteiger partial charge in [-0.1, -0.05) is 45.6 Å². The normalized spacial score (nSPS) is 23.3. The van der Waals surface area contributed by atoms with E-state index in [0.29, 0.717) is 0 Å². The van der Waals surface area contributed by atoms with E-state index in [2.05, 4.69) is 47.6 Å². The van der Waals surface area contributed by atoms with Crippen LogP contribution in [0.1, 0.15) is 92.9 Å². The Balaban J connectivity index is 0.000000315. The molecule has 0 saturated carbocycles. The SMILES string of the molecule is CC1(C)OB(C2=CCCCC2)OC1(C)C.CCCCCC. The molecule has 1 saturated heterocycles. The highest BCUT2D eigenvalue weighted by molar-refractivity contribution is 6.54. The lowest BCUT2D eigenvalue weighted by atomic mass is 9.73. The van der Waals surface area contributed by atoms with Gasteiger partial charge in [0, 0.05) is 0 Å². The van der Waals surface area contributed by atoms with Gasteiger partial charge in [-0.2, -0.15) is 0 Å². The maximum atomic E-state index is 6.01. The lowest BCUT2D eigenvalue weighted by molar-refractivity contribution is 0.00578. The van der Waals surface area contributed by atoms with E-state index in [1.165, 1.54) is 50.4 Å². The molecule has 0 amide bonds. The van der Waals surface area contributed by atoms with Crippen molar-refractivity contribution >= 4 is 7.12 Å². The molecule has 0 aromatic carbocycles. The third kappa shape index (κ3) is 5.45. The molecule has 0 atom stereocenters. The number of allylic oxidation sites excluding steroid dienone is 2. The van der Waals surface area contributed by atoms with Gasteiger partial charge in [0.05, 0.1) is 11.2 Å². The molecule has 1 aliphatic heterocycles. The van der Waals surface area contributed by atoms with Crippen LogP contribution in [0.25, 0.3) is 0 Å². The van der Waals surface area contributed by atoms with Crippen LogP contribution in [-0.2, 0) is 9.31 Å². The second kappa shape index (κ2) is 8.38. The summed E-state index contributed by atoms with van der Waals surface area (Å²) in [5.74, 6) is 0. The van der Waals surface area contributed by atoms with Crippen molar-refractivity contribution < 1.29 is 9.31 Å². The molecular weight excluding hydrogens is 259 g/mol. The van der Waals surface area contributed by atoms with Crippen LogP contribution in [-0.4, -0.2) is 18.3 Å². The van der Waals surface area contributed by atoms with E-state index in [0.717, 1.165) is 6.42 Å². The monoisotopic (exact) mass is 294 g/mol. The van der Waals surface area contributed by atoms with Crippen LogP contribution >= 0.6 is 0 Å². The van der Waals surface area contributed by atoms with Crippen molar-refractivity contribution in [1.29, 1.82) is 0 Å². The minimum Gasteiger partial charge on any atom is -0.400 e. The third-order valence-electron chi connectivity index (χ3n) is 4.84. The van der Waals surface area contributed by atoms with E-state index in [9.17, 15) is 0 Å². The standard InChI is InChI=1S/C12H21BO2.C6H14/c1-11(2)12(3,4)15-13(14-11)10-8-6-5-7-9-10;1-3-5-6-4-2/h8H,5-7,9H2,1-4H3;3-6H2,1-2H3. The summed E-state index contributed by atoms with van der Waals surface area (Å²) in [4.78, 5) is 0. The van der Waals surface area contributed by atoms with Gasteiger partial charge in [0.1, 0.15) is 0 Å². The molecule has 2 nitrogen and oxygen atoms in total. The molecule has 21 heavy (non-hydrogen) atoms. The van der Waals surface area contributed by atoms with E-state index >= 15 is 0 Å². The van der Waals surface area contributed by atoms with E-state index in [-0.39, 0.29) is 18.3 Å². The highest BCUT2D eigenvalue weighted by Crippen LogP contribution is 2.39. The van der Waals surface area contributed by atoms with Gasteiger partial charge in [0.2, 0.25) is 0 Å². The highest BCUT2D eigenvalue weighted by Gasteiger charge is 2.52. The summed E-state index contributed by atoms with van der Waals surface area (Å²) in [7, 11) is -0.102. The molecule has 122 valence electrons. The van der Waals surface area contributed by atoms with Crippen molar-refractivity contribution in [2.24, 2.45) is 0 Å². The third-order valence-corrected chi connectivity index (χ3v) is 4.84. The summed E-state index contributed by atoms with van der Waals surface area (Å²) in [5.41, 5.74) is 0.950. The van der Waals surface area contributed by atoms with Crippen LogP contribution in [0.3, 0.4) is 0 Å². The largest absolute Gasteiger partial charge is 0.490 e. The zero-order valence-electron chi connectivity index (χ0n) is 15.1. The Kier molecular flexibility index (Phi) is 7.49. The number of hydrogen-bond acceptors (Lipinski definition) is 2. The first-order valence-corrected chi connectivity index (χ1v) is 8.88. The Hall–Kier alpha value is -0.275. The van der Waals surface area contributed by atoms with Gasteiger partial charge in [-0.15, -0.1) is 0 Å². The predicted molar refractivity (Wildman–Crippen MR) is 92.4 cm³/mol. The minimum atomic E-state index is -0.198. The van der Waals surface area contributed by atoms with Crippen LogP contribution in [0.2, 0.25) is 0 Å². The van der Waals surface area contributed by atoms with Gasteiger partial charge in [-0.05, 0) is 58.9 Å². The number of rotatable bonds is 4. The topological polar surface area (TPSA) is 18.5 Å². The lowest BCUT2D eigenvalue weighted by Crippen LogP contribution is -2.41. The fourth-order valence-corrected chi connectivity index (χ4v) is 2.57. The Morgan fingerprint density at radius 1 is 0.952 bits per heavy atom. The second-order valence-electron chi connectivity index (χ2n) is 7.32. The molecule has 2 aliphatic rings. The maximum absolute atomic E-state index is 6.01. The zero-order valence-corrected chi connectivity index (χ0v) is 15.1. The van der Waals surface area contributed by atoms with Crippen molar-refractivity contribution in [3.63, 3.8) is 0 Å². The number of unbranched alkanes of at least 4 members (excludes halogenated alkanes) is 3. The molecule has 0 bridgehead atoms. The van der Waals surface area contributed by atoms with Crippen LogP contribution < -0.4 is 0 Å². The average molecular weight is 294 g/mol. The lowest BCUT2D eigenvalue weighted by Gasteiger charge is -2.32. The van der Waals surface area contributed by atoms with E-state index < -0.39 is 0 Å². The Morgan fingerprint density at radius 2 is 1.48 bits per heavy atom. The van der Waals surface area contributed by atoms with Crippen molar-refractivity contribution in [1.82, 2.24) is 0 Å². The first kappa shape index (κ1) is 18.8. The summed E-state index contributed by atoms with van der Waals surface area (Å²) < 4.78 is 12.0. The van der Waals surface area contributed by atoms with Gasteiger partial charge in [0.15, 0.2) is 0 Å². The van der Waals surface area contributed by atoms with Gasteiger partial charge >= 0.3 is 7.12 Å². The fourth-order valence-electron chi connectivity index (χ4n) is 2.57. The van der Waals surface area contributed by atoms with E-state index in [4.69, 9.17) is 9.31 Å². The first-order valence-electron chi connectivity index (χ1n) is 8.88. The molecule has 0 aromatic rings. The maximum Gasteiger partial charge on any atom is 0.490 e. The van der Waals surface area contributed by atoms with E-state index in [1.807, 2.05) is 0 Å². The van der Waals surface area contributed by atoms with Crippen molar-refractivity contribution in [3.8, 4) is 0 Å². The smallest absolute Gasteiger partial charge is 0.400 e. The van der Waals surface area contributed by atoms with Crippen LogP contribution in [0.4, 0.5) is 0 Å². The Morgan fingerprint density at radius 3 is 1.86 bits per heavy atom. The van der Waals surface area contributed by atoms with Gasteiger partial charge < -0.3 is 9.31 Å². The molecule has 0 aromatic heterocycles. The Labute approximate surface area is 132 Å². The molecule has 1 fully saturated rings. The predicted octanol–water partition coefficient (Wildman–Crippen LogP) is 5.70. The summed E-state index contributed by atoms with van der Waals surface area (Å²) in [6, 6.07) is 0. The molecule has 0 N–H and O–H groups in total. The van der Waals surface area contributed by atoms with Gasteiger partial charge in [-0.25, -0.2) is 0 Å². The summed E-state index contributed by atoms with van der Waals surface area (Å²) in [6.45, 7) is 12.9. The van der Waals surface area contributed by atoms with Gasteiger partial charge in [-0.3, -0.25) is 0 Å². The van der Waals surface area contributed by atoms with Crippen molar-refractivity contribution in [2.75, 3.05) is 0 Å². The molecule has 0 unspecified atom stereocenters. The van der Waals surface area contributed by atoms with Crippen molar-refractivity contribution in [2.45, 2.75) is 104 Å². The van der Waals surface area contributed by atoms with E-state index in [1.54, 1.807) is 0 Å². The van der Waals surface area contributed by atoms with Crippen molar-refractivity contribution in [3.05, 3.63) is 11.5 Å². The molecular formula is C18H35BO2. The molecule has 0 spiro atoms. The summed E-state index contributed by atoms with van der Waals surface area (Å²) >= 11 is 0. The van der Waals surface area contributed by atoms with Crippen LogP contribution in [0.5, 0.6) is 0 Å². The summed E-state index contributed by atoms with van der Waals surface area (Å²) in [5, 5.41) is 0. The van der Waals surface area contributed by atoms with Crippen LogP contribution in [0.15, 0.2) is 11.5 Å². The first-order chi connectivity index (χ1) is 9.84. The summed E-state index contributed by atoms with van der Waals surface area (Å²) in [6.07, 6.45) is 12.7. The molecule has 1 aliphatic carbocycles. The zero-order chi connectivity index (χ0) is 15.9. The fraction of sp³-hybridized carbons (Fsp3) is 0.889. The molecule has 3 heteroatoms. The second-order valence-corrected chi connectivity index (χ2v) is 7.32. The number of hydrogen-bond donors (Lipinski definition) is 0. The Bertz CT molecular complexity index is 314. The molecule has 0 radical (unpaired) electrons. The minimum absolute atomic E-state index is 0.102. The average Bonchev–Trinajstić information content (AvgIpc) is 2.67. The molecule has 1 heterocycles.